The van der Waals surface area contributed by atoms with Gasteiger partial charge in [-0.3, -0.25) is 10.1 Å². The molecule has 0 saturated carbocycles. The van der Waals surface area contributed by atoms with Crippen LogP contribution >= 0.6 is 0 Å². The van der Waals surface area contributed by atoms with E-state index in [4.69, 9.17) is 5.11 Å². The van der Waals surface area contributed by atoms with Crippen LogP contribution in [0.25, 0.3) is 0 Å². The number of allylic oxidation sites excluding steroid dienone is 1. The summed E-state index contributed by atoms with van der Waals surface area (Å²) in [6.45, 7) is 2.61. The number of carbonyl (C=O) groups excluding carboxylic acids is 1. The maximum atomic E-state index is 11.5. The summed E-state index contributed by atoms with van der Waals surface area (Å²) in [4.78, 5) is 32.4. The lowest BCUT2D eigenvalue weighted by Gasteiger charge is -2.09. The van der Waals surface area contributed by atoms with Crippen molar-refractivity contribution in [2.75, 3.05) is 6.61 Å². The minimum Gasteiger partial charge on any atom is -0.874 e. The largest absolute Gasteiger partial charge is 0.874 e. The van der Waals surface area contributed by atoms with Crippen LogP contribution in [0.5, 0.6) is 0 Å². The minimum absolute atomic E-state index is 0.0125. The molecule has 0 bridgehead atoms. The first-order chi connectivity index (χ1) is 10.8. The molecule has 0 aliphatic heterocycles. The molecule has 1 aromatic carbocycles. The molecule has 23 heavy (non-hydrogen) atoms. The standard InChI is InChI=1S/C13H13N3O7/c1-3-23-13(20)11(7(2)17)15-14-9-5-4-8(12(18)19)6-10(9)16(21)22/h4-6,17H,3H2,1-2H3,(H,18,19)/p-1/b11-7-,15-14?. The number of carboxylic acid groups (broad SMARTS) is 1. The molecular weight excluding hydrogens is 310 g/mol. The highest BCUT2D eigenvalue weighted by molar-refractivity contribution is 5.90. The van der Waals surface area contributed by atoms with E-state index in [-0.39, 0.29) is 17.9 Å². The molecule has 0 radical (unpaired) electrons. The van der Waals surface area contributed by atoms with Gasteiger partial charge in [0, 0.05) is 6.07 Å². The normalized spacial score (nSPS) is 11.9. The topological polar surface area (TPSA) is 155 Å². The van der Waals surface area contributed by atoms with Crippen LogP contribution in [-0.4, -0.2) is 28.6 Å². The second-order valence-electron chi connectivity index (χ2n) is 4.09. The fourth-order valence-corrected chi connectivity index (χ4v) is 1.45. The molecule has 0 saturated heterocycles. The van der Waals surface area contributed by atoms with Gasteiger partial charge in [0.15, 0.2) is 11.4 Å². The monoisotopic (exact) mass is 322 g/mol. The van der Waals surface area contributed by atoms with Gasteiger partial charge in [0.05, 0.1) is 17.1 Å². The fraction of sp³-hybridized carbons (Fsp3) is 0.231. The van der Waals surface area contributed by atoms with Crippen molar-refractivity contribution in [3.63, 3.8) is 0 Å². The van der Waals surface area contributed by atoms with Gasteiger partial charge in [-0.1, -0.05) is 12.7 Å². The van der Waals surface area contributed by atoms with Gasteiger partial charge in [0.1, 0.15) is 0 Å². The van der Waals surface area contributed by atoms with Crippen LogP contribution in [0.15, 0.2) is 39.9 Å². The molecular formula is C13H12N3O7-. The summed E-state index contributed by atoms with van der Waals surface area (Å²) in [7, 11) is 0. The second-order valence-corrected chi connectivity index (χ2v) is 4.09. The van der Waals surface area contributed by atoms with Crippen molar-refractivity contribution < 1.29 is 29.5 Å². The molecule has 1 aromatic rings. The SMILES string of the molecule is CCOC(=O)/C(N=Nc1ccc(C(=O)O)cc1[N+](=O)[O-])=C(\C)[O-]. The Morgan fingerprint density at radius 2 is 2.04 bits per heavy atom. The first-order valence-corrected chi connectivity index (χ1v) is 6.26. The number of nitro groups is 1. The van der Waals surface area contributed by atoms with Gasteiger partial charge in [-0.15, -0.1) is 10.2 Å². The van der Waals surface area contributed by atoms with Crippen molar-refractivity contribution in [2.45, 2.75) is 13.8 Å². The van der Waals surface area contributed by atoms with Crippen LogP contribution in [0.1, 0.15) is 24.2 Å². The van der Waals surface area contributed by atoms with E-state index in [1.54, 1.807) is 0 Å². The molecule has 0 spiro atoms. The number of nitro benzene ring substituents is 1. The summed E-state index contributed by atoms with van der Waals surface area (Å²) in [6, 6.07) is 2.93. The average molecular weight is 322 g/mol. The Kier molecular flexibility index (Phi) is 5.89. The summed E-state index contributed by atoms with van der Waals surface area (Å²) >= 11 is 0. The minimum atomic E-state index is -1.35. The number of hydrogen-bond acceptors (Lipinski definition) is 8. The maximum absolute atomic E-state index is 11.5. The molecule has 0 aliphatic rings. The Bertz CT molecular complexity index is 706. The van der Waals surface area contributed by atoms with E-state index in [0.29, 0.717) is 0 Å². The number of hydrogen-bond donors (Lipinski definition) is 1. The fourth-order valence-electron chi connectivity index (χ4n) is 1.45. The van der Waals surface area contributed by atoms with Crippen LogP contribution in [-0.2, 0) is 9.53 Å². The van der Waals surface area contributed by atoms with E-state index in [1.165, 1.54) is 6.92 Å². The Morgan fingerprint density at radius 3 is 2.52 bits per heavy atom. The number of carboxylic acids is 1. The number of carbonyl (C=O) groups is 2. The quantitative estimate of drug-likeness (QED) is 0.208. The zero-order valence-electron chi connectivity index (χ0n) is 12.2. The highest BCUT2D eigenvalue weighted by Gasteiger charge is 2.18. The molecule has 122 valence electrons. The highest BCUT2D eigenvalue weighted by atomic mass is 16.6. The van der Waals surface area contributed by atoms with Crippen molar-refractivity contribution in [1.29, 1.82) is 0 Å². The van der Waals surface area contributed by atoms with Crippen LogP contribution in [0.3, 0.4) is 0 Å². The third-order valence-electron chi connectivity index (χ3n) is 2.48. The molecule has 0 fully saturated rings. The van der Waals surface area contributed by atoms with Gasteiger partial charge in [0.25, 0.3) is 5.69 Å². The maximum Gasteiger partial charge on any atom is 0.357 e. The Morgan fingerprint density at radius 1 is 1.39 bits per heavy atom. The molecule has 0 unspecified atom stereocenters. The van der Waals surface area contributed by atoms with E-state index >= 15 is 0 Å². The molecule has 0 heterocycles. The van der Waals surface area contributed by atoms with E-state index in [2.05, 4.69) is 15.0 Å². The molecule has 0 aliphatic carbocycles. The Hall–Kier alpha value is -3.30. The van der Waals surface area contributed by atoms with Crippen LogP contribution in [0.4, 0.5) is 11.4 Å². The smallest absolute Gasteiger partial charge is 0.357 e. The van der Waals surface area contributed by atoms with Gasteiger partial charge in [-0.2, -0.15) is 0 Å². The summed E-state index contributed by atoms with van der Waals surface area (Å²) < 4.78 is 4.62. The van der Waals surface area contributed by atoms with Gasteiger partial charge in [-0.05, 0) is 19.1 Å². The molecule has 0 atom stereocenters. The molecule has 1 rings (SSSR count). The van der Waals surface area contributed by atoms with Crippen LogP contribution < -0.4 is 5.11 Å². The highest BCUT2D eigenvalue weighted by Crippen LogP contribution is 2.29. The zero-order chi connectivity index (χ0) is 17.6. The lowest BCUT2D eigenvalue weighted by molar-refractivity contribution is -0.384. The lowest BCUT2D eigenvalue weighted by atomic mass is 10.2. The number of rotatable bonds is 6. The first-order valence-electron chi connectivity index (χ1n) is 6.26. The van der Waals surface area contributed by atoms with E-state index in [9.17, 15) is 24.8 Å². The number of benzene rings is 1. The molecule has 10 nitrogen and oxygen atoms in total. The summed E-state index contributed by atoms with van der Waals surface area (Å²) in [5, 5.41) is 38.0. The summed E-state index contributed by atoms with van der Waals surface area (Å²) in [5.41, 5.74) is -1.86. The van der Waals surface area contributed by atoms with Crippen LogP contribution in [0.2, 0.25) is 0 Å². The van der Waals surface area contributed by atoms with E-state index < -0.39 is 34.0 Å². The van der Waals surface area contributed by atoms with E-state index in [0.717, 1.165) is 25.1 Å². The van der Waals surface area contributed by atoms with Gasteiger partial charge < -0.3 is 14.9 Å². The lowest BCUT2D eigenvalue weighted by Crippen LogP contribution is -2.13. The van der Waals surface area contributed by atoms with E-state index in [1.807, 2.05) is 0 Å². The molecule has 0 aromatic heterocycles. The van der Waals surface area contributed by atoms with Gasteiger partial charge >= 0.3 is 11.9 Å². The zero-order valence-corrected chi connectivity index (χ0v) is 12.2. The predicted octanol–water partition coefficient (Wildman–Crippen LogP) is 1.53. The number of esters is 1. The Labute approximate surface area is 129 Å². The van der Waals surface area contributed by atoms with Crippen molar-refractivity contribution in [3.05, 3.63) is 45.3 Å². The van der Waals surface area contributed by atoms with Crippen molar-refractivity contribution in [3.8, 4) is 0 Å². The first kappa shape index (κ1) is 17.8. The molecule has 1 N–H and O–H groups in total. The molecule has 10 heteroatoms. The number of aromatic carboxylic acids is 1. The number of nitrogens with zero attached hydrogens (tertiary/aromatic N) is 3. The summed E-state index contributed by atoms with van der Waals surface area (Å²) in [6.07, 6.45) is 0. The average Bonchev–Trinajstić information content (AvgIpc) is 2.47. The van der Waals surface area contributed by atoms with Crippen molar-refractivity contribution >= 4 is 23.3 Å². The Balaban J connectivity index is 3.26. The number of ether oxygens (including phenoxy) is 1. The third-order valence-corrected chi connectivity index (χ3v) is 2.48. The number of azo groups is 1. The summed E-state index contributed by atoms with van der Waals surface area (Å²) in [5.74, 6) is -3.08. The van der Waals surface area contributed by atoms with Crippen molar-refractivity contribution in [1.82, 2.24) is 0 Å². The third kappa shape index (κ3) is 4.59. The molecule has 0 amide bonds. The second kappa shape index (κ2) is 7.64. The van der Waals surface area contributed by atoms with Crippen LogP contribution in [0, 0.1) is 10.1 Å². The van der Waals surface area contributed by atoms with Gasteiger partial charge in [-0.25, -0.2) is 9.59 Å². The van der Waals surface area contributed by atoms with Gasteiger partial charge in [0.2, 0.25) is 0 Å². The predicted molar refractivity (Wildman–Crippen MR) is 73.9 cm³/mol. The van der Waals surface area contributed by atoms with Crippen molar-refractivity contribution in [2.24, 2.45) is 10.2 Å².